The van der Waals surface area contributed by atoms with Gasteiger partial charge in [0.25, 0.3) is 17.8 Å². The monoisotopic (exact) mass is 357 g/mol. The van der Waals surface area contributed by atoms with Gasteiger partial charge in [-0.15, -0.1) is 0 Å². The molecular formula is C14H22BrN4O2+. The number of aliphatic imine (C=N–C) groups is 1. The van der Waals surface area contributed by atoms with E-state index in [1.165, 1.54) is 36.1 Å². The van der Waals surface area contributed by atoms with Crippen LogP contribution in [-0.2, 0) is 4.79 Å². The van der Waals surface area contributed by atoms with Crippen LogP contribution in [0.3, 0.4) is 0 Å². The molecule has 0 aromatic carbocycles. The predicted molar refractivity (Wildman–Crippen MR) is 85.0 cm³/mol. The summed E-state index contributed by atoms with van der Waals surface area (Å²) in [7, 11) is 3.17. The molecule has 0 radical (unpaired) electrons. The Kier molecular flexibility index (Phi) is 5.13. The number of amidine groups is 2. The molecule has 116 valence electrons. The Bertz CT molecular complexity index is 515. The minimum Gasteiger partial charge on any atom is -0.269 e. The second-order valence-electron chi connectivity index (χ2n) is 5.49. The maximum Gasteiger partial charge on any atom is 0.364 e. The molecule has 7 heteroatoms. The van der Waals surface area contributed by atoms with E-state index in [2.05, 4.69) is 27.8 Å². The second kappa shape index (κ2) is 6.68. The summed E-state index contributed by atoms with van der Waals surface area (Å²) >= 11 is 3.42. The lowest BCUT2D eigenvalue weighted by molar-refractivity contribution is -0.533. The highest BCUT2D eigenvalue weighted by Gasteiger charge is 2.52. The molecule has 0 aromatic heterocycles. The smallest absolute Gasteiger partial charge is 0.269 e. The van der Waals surface area contributed by atoms with Crippen molar-refractivity contribution in [2.75, 3.05) is 20.6 Å². The van der Waals surface area contributed by atoms with Crippen LogP contribution in [0.4, 0.5) is 4.79 Å². The number of nitrogens with zero attached hydrogens (tertiary/aromatic N) is 4. The molecule has 2 rings (SSSR count). The zero-order valence-corrected chi connectivity index (χ0v) is 14.4. The van der Waals surface area contributed by atoms with Crippen LogP contribution in [0.5, 0.6) is 0 Å². The van der Waals surface area contributed by atoms with Crippen LogP contribution in [-0.4, -0.2) is 63.6 Å². The van der Waals surface area contributed by atoms with Crippen molar-refractivity contribution in [1.82, 2.24) is 9.80 Å². The Labute approximate surface area is 133 Å². The second-order valence-corrected chi connectivity index (χ2v) is 6.20. The fourth-order valence-corrected chi connectivity index (χ4v) is 3.24. The molecule has 1 unspecified atom stereocenters. The van der Waals surface area contributed by atoms with Crippen molar-refractivity contribution in [1.29, 1.82) is 0 Å². The van der Waals surface area contributed by atoms with Crippen molar-refractivity contribution in [3.8, 4) is 0 Å². The fourth-order valence-electron chi connectivity index (χ4n) is 2.68. The molecule has 0 saturated carbocycles. The average molecular weight is 358 g/mol. The first-order valence-electron chi connectivity index (χ1n) is 7.42. The van der Waals surface area contributed by atoms with E-state index in [-0.39, 0.29) is 11.9 Å². The normalized spacial score (nSPS) is 22.1. The van der Waals surface area contributed by atoms with E-state index in [1.54, 1.807) is 7.05 Å². The van der Waals surface area contributed by atoms with Crippen molar-refractivity contribution in [3.63, 3.8) is 0 Å². The van der Waals surface area contributed by atoms with Crippen LogP contribution in [0.15, 0.2) is 4.99 Å². The molecule has 2 aliphatic heterocycles. The fraction of sp³-hybridized carbons (Fsp3) is 0.714. The highest BCUT2D eigenvalue weighted by molar-refractivity contribution is 9.18. The number of hydrogen-bond acceptors (Lipinski definition) is 3. The van der Waals surface area contributed by atoms with Gasteiger partial charge < -0.3 is 0 Å². The first-order valence-corrected chi connectivity index (χ1v) is 8.21. The summed E-state index contributed by atoms with van der Waals surface area (Å²) in [5.74, 6) is 0.309. The molecule has 2 heterocycles. The SMILES string of the molecule is CCCCCCC[N+]1=C(Br)N=C2C1C(=O)N(C)C(=O)N2C. The van der Waals surface area contributed by atoms with Gasteiger partial charge in [-0.3, -0.25) is 14.6 Å². The van der Waals surface area contributed by atoms with E-state index >= 15 is 0 Å². The molecule has 0 spiro atoms. The van der Waals surface area contributed by atoms with Gasteiger partial charge in [-0.2, -0.15) is 0 Å². The minimum atomic E-state index is -0.474. The van der Waals surface area contributed by atoms with E-state index < -0.39 is 6.04 Å². The number of hydrogen-bond donors (Lipinski definition) is 0. The Hall–Kier alpha value is -1.24. The Morgan fingerprint density at radius 3 is 2.48 bits per heavy atom. The van der Waals surface area contributed by atoms with Crippen LogP contribution in [0.25, 0.3) is 0 Å². The molecule has 21 heavy (non-hydrogen) atoms. The summed E-state index contributed by atoms with van der Waals surface area (Å²) in [6.45, 7) is 2.96. The van der Waals surface area contributed by atoms with Gasteiger partial charge in [0, 0.05) is 14.1 Å². The summed E-state index contributed by atoms with van der Waals surface area (Å²) in [5, 5.41) is 0. The highest BCUT2D eigenvalue weighted by atomic mass is 79.9. The standard InChI is InChI=1S/C14H22BrN4O2/c1-4-5-6-7-8-9-19-10-11(16-13(19)15)17(2)14(21)18(3)12(10)20/h10H,4-9H2,1-3H3/q+1. The van der Waals surface area contributed by atoms with Crippen LogP contribution in [0.1, 0.15) is 39.0 Å². The first kappa shape index (κ1) is 16.1. The zero-order chi connectivity index (χ0) is 15.6. The number of amides is 3. The number of urea groups is 1. The number of carbonyl (C=O) groups is 2. The lowest BCUT2D eigenvalue weighted by Crippen LogP contribution is -2.61. The summed E-state index contributed by atoms with van der Waals surface area (Å²) in [6.07, 6.45) is 5.84. The van der Waals surface area contributed by atoms with Crippen molar-refractivity contribution in [2.45, 2.75) is 45.1 Å². The molecule has 0 aliphatic carbocycles. The largest absolute Gasteiger partial charge is 0.364 e. The lowest BCUT2D eigenvalue weighted by Gasteiger charge is -2.30. The van der Waals surface area contributed by atoms with Gasteiger partial charge in [0.2, 0.25) is 0 Å². The summed E-state index contributed by atoms with van der Waals surface area (Å²) in [5.41, 5.74) is 0. The van der Waals surface area contributed by atoms with E-state index in [9.17, 15) is 9.59 Å². The summed E-state index contributed by atoms with van der Waals surface area (Å²) in [6, 6.07) is -0.807. The van der Waals surface area contributed by atoms with Gasteiger partial charge in [-0.05, 0) is 17.8 Å². The number of likely N-dealkylation sites (N-methyl/N-ethyl adjacent to an activating group) is 2. The zero-order valence-electron chi connectivity index (χ0n) is 12.8. The van der Waals surface area contributed by atoms with Crippen molar-refractivity contribution >= 4 is 38.4 Å². The van der Waals surface area contributed by atoms with E-state index in [1.807, 2.05) is 4.58 Å². The molecular weight excluding hydrogens is 336 g/mol. The minimum absolute atomic E-state index is 0.208. The predicted octanol–water partition coefficient (Wildman–Crippen LogP) is 2.02. The van der Waals surface area contributed by atoms with Gasteiger partial charge in [0.15, 0.2) is 0 Å². The Balaban J connectivity index is 2.06. The lowest BCUT2D eigenvalue weighted by atomic mass is 10.1. The average Bonchev–Trinajstić information content (AvgIpc) is 2.80. The van der Waals surface area contributed by atoms with E-state index in [0.717, 1.165) is 19.4 Å². The molecule has 0 N–H and O–H groups in total. The maximum atomic E-state index is 12.4. The molecule has 6 nitrogen and oxygen atoms in total. The van der Waals surface area contributed by atoms with E-state index in [0.29, 0.717) is 10.6 Å². The number of carbonyl (C=O) groups excluding carboxylic acids is 2. The Morgan fingerprint density at radius 2 is 1.81 bits per heavy atom. The molecule has 1 atom stereocenters. The quantitative estimate of drug-likeness (QED) is 0.414. The first-order chi connectivity index (χ1) is 9.99. The van der Waals surface area contributed by atoms with Crippen molar-refractivity contribution in [3.05, 3.63) is 0 Å². The van der Waals surface area contributed by atoms with Gasteiger partial charge in [-0.25, -0.2) is 9.37 Å². The topological polar surface area (TPSA) is 56.0 Å². The molecule has 1 saturated heterocycles. The van der Waals surface area contributed by atoms with Crippen LogP contribution < -0.4 is 0 Å². The Morgan fingerprint density at radius 1 is 1.14 bits per heavy atom. The van der Waals surface area contributed by atoms with Gasteiger partial charge >= 0.3 is 10.8 Å². The van der Waals surface area contributed by atoms with Crippen LogP contribution in [0, 0.1) is 0 Å². The number of fused-ring (bicyclic) bond motifs is 1. The summed E-state index contributed by atoms with van der Waals surface area (Å²) < 4.78 is 2.59. The summed E-state index contributed by atoms with van der Waals surface area (Å²) in [4.78, 5) is 31.3. The van der Waals surface area contributed by atoms with Crippen molar-refractivity contribution < 1.29 is 14.2 Å². The third kappa shape index (κ3) is 3.02. The van der Waals surface area contributed by atoms with Gasteiger partial charge in [-0.1, -0.05) is 26.2 Å². The molecule has 3 amide bonds. The van der Waals surface area contributed by atoms with Crippen molar-refractivity contribution in [2.24, 2.45) is 4.99 Å². The number of rotatable bonds is 6. The van der Waals surface area contributed by atoms with Gasteiger partial charge in [0.05, 0.1) is 22.5 Å². The van der Waals surface area contributed by atoms with Crippen LogP contribution >= 0.6 is 15.9 Å². The maximum absolute atomic E-state index is 12.4. The third-order valence-corrected chi connectivity index (χ3v) is 4.62. The molecule has 2 aliphatic rings. The van der Waals surface area contributed by atoms with Crippen LogP contribution in [0.2, 0.25) is 0 Å². The van der Waals surface area contributed by atoms with E-state index in [4.69, 9.17) is 0 Å². The number of unbranched alkanes of at least 4 members (excludes halogenated alkanes) is 4. The third-order valence-electron chi connectivity index (χ3n) is 3.98. The number of imide groups is 1. The number of halogens is 1. The molecule has 1 fully saturated rings. The highest BCUT2D eigenvalue weighted by Crippen LogP contribution is 2.21. The van der Waals surface area contributed by atoms with Gasteiger partial charge in [0.1, 0.15) is 0 Å². The molecule has 0 aromatic rings. The molecule has 0 bridgehead atoms.